The predicted molar refractivity (Wildman–Crippen MR) is 105 cm³/mol. The van der Waals surface area contributed by atoms with Gasteiger partial charge >= 0.3 is 0 Å². The predicted octanol–water partition coefficient (Wildman–Crippen LogP) is 3.79. The fraction of sp³-hybridized carbons (Fsp3) is 0.524. The summed E-state index contributed by atoms with van der Waals surface area (Å²) in [6.45, 7) is 3.98. The van der Waals surface area contributed by atoms with Gasteiger partial charge in [-0.1, -0.05) is 33.1 Å². The third kappa shape index (κ3) is 5.62. The molecule has 156 valence electrons. The largest absolute Gasteiger partial charge is 0.446 e. The van der Waals surface area contributed by atoms with Crippen molar-refractivity contribution in [2.75, 3.05) is 0 Å². The summed E-state index contributed by atoms with van der Waals surface area (Å²) in [6, 6.07) is 0.902. The standard InChI is InChI=1S/C21H27FN4O3/c1-13(2)10-17(25-19(27)15-8-9-23-11-16(15)22)21-26-18(12-29-21)20(28)24-14-6-4-3-5-7-14/h8-9,11-14,17H,3-7,10H2,1-2H3,(H,24,28)(H,25,27)/t17-/m1/s1. The number of rotatable bonds is 7. The number of nitrogens with zero attached hydrogens (tertiary/aromatic N) is 2. The highest BCUT2D eigenvalue weighted by molar-refractivity contribution is 5.94. The fourth-order valence-corrected chi connectivity index (χ4v) is 3.55. The average molecular weight is 402 g/mol. The Kier molecular flexibility index (Phi) is 6.95. The summed E-state index contributed by atoms with van der Waals surface area (Å²) < 4.78 is 19.4. The Morgan fingerprint density at radius 3 is 2.69 bits per heavy atom. The van der Waals surface area contributed by atoms with E-state index in [0.29, 0.717) is 6.42 Å². The first-order valence-electron chi connectivity index (χ1n) is 10.1. The van der Waals surface area contributed by atoms with E-state index in [1.54, 1.807) is 0 Å². The monoisotopic (exact) mass is 402 g/mol. The quantitative estimate of drug-likeness (QED) is 0.734. The van der Waals surface area contributed by atoms with Gasteiger partial charge in [-0.3, -0.25) is 14.6 Å². The number of pyridine rings is 1. The van der Waals surface area contributed by atoms with Gasteiger partial charge in [0.1, 0.15) is 12.3 Å². The van der Waals surface area contributed by atoms with E-state index < -0.39 is 17.8 Å². The van der Waals surface area contributed by atoms with Crippen LogP contribution in [0.5, 0.6) is 0 Å². The van der Waals surface area contributed by atoms with Gasteiger partial charge in [0.25, 0.3) is 11.8 Å². The van der Waals surface area contributed by atoms with Crippen molar-refractivity contribution < 1.29 is 18.4 Å². The first kappa shape index (κ1) is 21.0. The lowest BCUT2D eigenvalue weighted by molar-refractivity contribution is 0.0915. The third-order valence-electron chi connectivity index (χ3n) is 5.02. The zero-order valence-corrected chi connectivity index (χ0v) is 16.8. The van der Waals surface area contributed by atoms with Gasteiger partial charge in [-0.05, 0) is 31.2 Å². The highest BCUT2D eigenvalue weighted by atomic mass is 19.1. The molecular formula is C21H27FN4O3. The molecule has 0 bridgehead atoms. The molecule has 1 saturated carbocycles. The molecule has 2 aromatic heterocycles. The van der Waals surface area contributed by atoms with Crippen molar-refractivity contribution >= 4 is 11.8 Å². The maximum Gasteiger partial charge on any atom is 0.273 e. The number of oxazole rings is 1. The molecule has 2 heterocycles. The minimum atomic E-state index is -0.701. The van der Waals surface area contributed by atoms with E-state index in [4.69, 9.17) is 4.42 Å². The third-order valence-corrected chi connectivity index (χ3v) is 5.02. The van der Waals surface area contributed by atoms with Crippen LogP contribution in [0.3, 0.4) is 0 Å². The number of carbonyl (C=O) groups is 2. The van der Waals surface area contributed by atoms with Crippen LogP contribution < -0.4 is 10.6 Å². The molecule has 29 heavy (non-hydrogen) atoms. The Morgan fingerprint density at radius 1 is 1.24 bits per heavy atom. The summed E-state index contributed by atoms with van der Waals surface area (Å²) in [5.74, 6) is -1.11. The van der Waals surface area contributed by atoms with Crippen LogP contribution in [-0.4, -0.2) is 27.8 Å². The van der Waals surface area contributed by atoms with E-state index >= 15 is 0 Å². The van der Waals surface area contributed by atoms with E-state index in [1.807, 2.05) is 13.8 Å². The number of hydrogen-bond donors (Lipinski definition) is 2. The first-order valence-corrected chi connectivity index (χ1v) is 10.1. The molecule has 8 heteroatoms. The summed E-state index contributed by atoms with van der Waals surface area (Å²) in [5.41, 5.74) is 0.0826. The van der Waals surface area contributed by atoms with Crippen LogP contribution in [0.2, 0.25) is 0 Å². The highest BCUT2D eigenvalue weighted by Gasteiger charge is 2.25. The van der Waals surface area contributed by atoms with Crippen molar-refractivity contribution in [3.8, 4) is 0 Å². The van der Waals surface area contributed by atoms with Crippen LogP contribution in [0, 0.1) is 11.7 Å². The fourth-order valence-electron chi connectivity index (χ4n) is 3.55. The Morgan fingerprint density at radius 2 is 2.00 bits per heavy atom. The Hall–Kier alpha value is -2.77. The first-order chi connectivity index (χ1) is 13.9. The van der Waals surface area contributed by atoms with Crippen LogP contribution in [-0.2, 0) is 0 Å². The van der Waals surface area contributed by atoms with Crippen LogP contribution in [0.25, 0.3) is 0 Å². The van der Waals surface area contributed by atoms with Crippen LogP contribution in [0.15, 0.2) is 29.1 Å². The van der Waals surface area contributed by atoms with Crippen molar-refractivity contribution in [1.29, 1.82) is 0 Å². The molecule has 0 radical (unpaired) electrons. The molecule has 2 N–H and O–H groups in total. The second-order valence-electron chi connectivity index (χ2n) is 7.89. The molecule has 2 aromatic rings. The molecule has 3 rings (SSSR count). The number of halogens is 1. The molecule has 0 saturated heterocycles. The zero-order valence-electron chi connectivity index (χ0n) is 16.8. The second kappa shape index (κ2) is 9.62. The number of carbonyl (C=O) groups excluding carboxylic acids is 2. The van der Waals surface area contributed by atoms with Gasteiger partial charge in [0.2, 0.25) is 5.89 Å². The minimum Gasteiger partial charge on any atom is -0.446 e. The maximum atomic E-state index is 13.9. The molecule has 2 amide bonds. The molecule has 0 aliphatic heterocycles. The summed E-state index contributed by atoms with van der Waals surface area (Å²) in [7, 11) is 0. The minimum absolute atomic E-state index is 0.101. The lowest BCUT2D eigenvalue weighted by Crippen LogP contribution is -2.36. The molecule has 0 aromatic carbocycles. The van der Waals surface area contributed by atoms with Gasteiger partial charge in [0, 0.05) is 12.2 Å². The SMILES string of the molecule is CC(C)C[C@@H](NC(=O)c1ccncc1F)c1nc(C(=O)NC2CCCCC2)co1. The number of amides is 2. The molecule has 1 aliphatic carbocycles. The van der Waals surface area contributed by atoms with E-state index in [1.165, 1.54) is 24.9 Å². The molecular weight excluding hydrogens is 375 g/mol. The topological polar surface area (TPSA) is 97.1 Å². The average Bonchev–Trinajstić information content (AvgIpc) is 3.18. The lowest BCUT2D eigenvalue weighted by atomic mass is 9.95. The molecule has 1 fully saturated rings. The van der Waals surface area contributed by atoms with Crippen LogP contribution in [0.1, 0.15) is 85.2 Å². The number of hydrogen-bond acceptors (Lipinski definition) is 5. The van der Waals surface area contributed by atoms with Gasteiger partial charge in [-0.2, -0.15) is 0 Å². The number of aromatic nitrogens is 2. The molecule has 0 unspecified atom stereocenters. The second-order valence-corrected chi connectivity index (χ2v) is 7.89. The molecule has 0 spiro atoms. The van der Waals surface area contributed by atoms with E-state index in [-0.39, 0.29) is 35.0 Å². The van der Waals surface area contributed by atoms with Gasteiger partial charge in [0.15, 0.2) is 11.5 Å². The Labute approximate surface area is 169 Å². The molecule has 1 aliphatic rings. The summed E-state index contributed by atoms with van der Waals surface area (Å²) in [4.78, 5) is 32.9. The van der Waals surface area contributed by atoms with E-state index in [9.17, 15) is 14.0 Å². The maximum absolute atomic E-state index is 13.9. The van der Waals surface area contributed by atoms with E-state index in [2.05, 4.69) is 20.6 Å². The summed E-state index contributed by atoms with van der Waals surface area (Å²) >= 11 is 0. The van der Waals surface area contributed by atoms with Crippen molar-refractivity contribution in [2.24, 2.45) is 5.92 Å². The zero-order chi connectivity index (χ0) is 20.8. The van der Waals surface area contributed by atoms with Gasteiger partial charge in [-0.25, -0.2) is 9.37 Å². The van der Waals surface area contributed by atoms with Crippen molar-refractivity contribution in [1.82, 2.24) is 20.6 Å². The van der Waals surface area contributed by atoms with Crippen LogP contribution in [0.4, 0.5) is 4.39 Å². The van der Waals surface area contributed by atoms with Crippen molar-refractivity contribution in [2.45, 2.75) is 64.5 Å². The number of nitrogens with one attached hydrogen (secondary N) is 2. The van der Waals surface area contributed by atoms with Crippen LogP contribution >= 0.6 is 0 Å². The lowest BCUT2D eigenvalue weighted by Gasteiger charge is -2.22. The molecule has 1 atom stereocenters. The van der Waals surface area contributed by atoms with Crippen molar-refractivity contribution in [3.05, 3.63) is 47.7 Å². The molecule has 7 nitrogen and oxygen atoms in total. The Bertz CT molecular complexity index is 846. The summed E-state index contributed by atoms with van der Waals surface area (Å²) in [6.07, 6.45) is 9.56. The van der Waals surface area contributed by atoms with Gasteiger partial charge < -0.3 is 15.1 Å². The van der Waals surface area contributed by atoms with Gasteiger partial charge in [0.05, 0.1) is 11.8 Å². The van der Waals surface area contributed by atoms with Gasteiger partial charge in [-0.15, -0.1) is 0 Å². The smallest absolute Gasteiger partial charge is 0.273 e. The highest BCUT2D eigenvalue weighted by Crippen LogP contribution is 2.23. The van der Waals surface area contributed by atoms with E-state index in [0.717, 1.165) is 31.9 Å². The summed E-state index contributed by atoms with van der Waals surface area (Å²) in [5, 5.41) is 5.76. The van der Waals surface area contributed by atoms with Crippen molar-refractivity contribution in [3.63, 3.8) is 0 Å². The normalized spacial score (nSPS) is 15.9. The Balaban J connectivity index is 1.71.